The highest BCUT2D eigenvalue weighted by Crippen LogP contribution is 2.22. The Balaban J connectivity index is 1.71. The van der Waals surface area contributed by atoms with Crippen molar-refractivity contribution in [1.29, 1.82) is 0 Å². The van der Waals surface area contributed by atoms with Gasteiger partial charge in [-0.15, -0.1) is 0 Å². The summed E-state index contributed by atoms with van der Waals surface area (Å²) in [5.41, 5.74) is 2.24. The number of benzene rings is 1. The predicted octanol–water partition coefficient (Wildman–Crippen LogP) is 2.25. The van der Waals surface area contributed by atoms with E-state index in [-0.39, 0.29) is 17.2 Å². The van der Waals surface area contributed by atoms with Gasteiger partial charge in [-0.1, -0.05) is 19.9 Å². The van der Waals surface area contributed by atoms with Crippen molar-refractivity contribution in [3.63, 3.8) is 0 Å². The molecule has 1 N–H and O–H groups in total. The Bertz CT molecular complexity index is 1120. The molecule has 3 aromatic rings. The highest BCUT2D eigenvalue weighted by Gasteiger charge is 2.22. The number of carbonyl (C=O) groups excluding carboxylic acids is 1. The SMILES string of the molecule is CCN(CC)S(=O)(=O)c1ccc2c(c1)nc(CCC(=O)NCc1ccccn1)n2C. The van der Waals surface area contributed by atoms with Crippen LogP contribution in [0.5, 0.6) is 0 Å². The van der Waals surface area contributed by atoms with Crippen molar-refractivity contribution in [3.8, 4) is 0 Å². The molecule has 0 fully saturated rings. The first-order valence-electron chi connectivity index (χ1n) is 9.99. The summed E-state index contributed by atoms with van der Waals surface area (Å²) in [7, 11) is -1.67. The Morgan fingerprint density at radius 3 is 2.60 bits per heavy atom. The fourth-order valence-corrected chi connectivity index (χ4v) is 4.81. The number of amides is 1. The standard InChI is InChI=1S/C21H27N5O3S/c1-4-26(5-2)30(28,29)17-9-10-19-18(14-17)24-20(25(19)3)11-12-21(27)23-15-16-8-6-7-13-22-16/h6-10,13-14H,4-5,11-12,15H2,1-3H3,(H,23,27). The number of aryl methyl sites for hydroxylation is 2. The van der Waals surface area contributed by atoms with Crippen LogP contribution >= 0.6 is 0 Å². The molecule has 0 saturated heterocycles. The number of imidazole rings is 1. The number of pyridine rings is 1. The molecule has 1 aromatic carbocycles. The van der Waals surface area contributed by atoms with Crippen molar-refractivity contribution in [3.05, 3.63) is 54.1 Å². The van der Waals surface area contributed by atoms with Crippen LogP contribution < -0.4 is 5.32 Å². The number of aromatic nitrogens is 3. The summed E-state index contributed by atoms with van der Waals surface area (Å²) in [4.78, 5) is 21.2. The first-order valence-corrected chi connectivity index (χ1v) is 11.4. The third-order valence-corrected chi connectivity index (χ3v) is 7.10. The van der Waals surface area contributed by atoms with Gasteiger partial charge in [0, 0.05) is 39.2 Å². The zero-order valence-electron chi connectivity index (χ0n) is 17.5. The van der Waals surface area contributed by atoms with E-state index in [0.29, 0.717) is 31.6 Å². The van der Waals surface area contributed by atoms with Crippen LogP contribution in [0.1, 0.15) is 31.8 Å². The molecular formula is C21H27N5O3S. The lowest BCUT2D eigenvalue weighted by Gasteiger charge is -2.18. The Morgan fingerprint density at radius 1 is 1.17 bits per heavy atom. The predicted molar refractivity (Wildman–Crippen MR) is 115 cm³/mol. The molecule has 0 radical (unpaired) electrons. The first-order chi connectivity index (χ1) is 14.4. The maximum atomic E-state index is 12.8. The van der Waals surface area contributed by atoms with Crippen LogP contribution in [-0.4, -0.2) is 46.3 Å². The quantitative estimate of drug-likeness (QED) is 0.563. The molecule has 1 amide bonds. The van der Waals surface area contributed by atoms with Gasteiger partial charge < -0.3 is 9.88 Å². The summed E-state index contributed by atoms with van der Waals surface area (Å²) in [6.45, 7) is 4.85. The largest absolute Gasteiger partial charge is 0.350 e. The van der Waals surface area contributed by atoms with Crippen LogP contribution in [0.3, 0.4) is 0 Å². The third-order valence-electron chi connectivity index (χ3n) is 5.06. The molecule has 0 aliphatic heterocycles. The van der Waals surface area contributed by atoms with Crippen LogP contribution in [-0.2, 0) is 34.8 Å². The number of carbonyl (C=O) groups is 1. The molecule has 0 atom stereocenters. The van der Waals surface area contributed by atoms with Crippen LogP contribution in [0.15, 0.2) is 47.5 Å². The molecule has 0 aliphatic rings. The van der Waals surface area contributed by atoms with Gasteiger partial charge in [0.1, 0.15) is 5.82 Å². The van der Waals surface area contributed by atoms with Crippen LogP contribution in [0.25, 0.3) is 11.0 Å². The Kier molecular flexibility index (Phi) is 6.84. The van der Waals surface area contributed by atoms with E-state index in [1.165, 1.54) is 4.31 Å². The molecule has 160 valence electrons. The van der Waals surface area contributed by atoms with E-state index in [9.17, 15) is 13.2 Å². The third kappa shape index (κ3) is 4.68. The summed E-state index contributed by atoms with van der Waals surface area (Å²) in [5.74, 6) is 0.646. The molecule has 8 nitrogen and oxygen atoms in total. The monoisotopic (exact) mass is 429 g/mol. The fraction of sp³-hybridized carbons (Fsp3) is 0.381. The van der Waals surface area contributed by atoms with Gasteiger partial charge in [-0.3, -0.25) is 9.78 Å². The zero-order valence-corrected chi connectivity index (χ0v) is 18.3. The molecule has 2 heterocycles. The van der Waals surface area contributed by atoms with Gasteiger partial charge in [-0.2, -0.15) is 4.31 Å². The molecule has 2 aromatic heterocycles. The summed E-state index contributed by atoms with van der Waals surface area (Å²) >= 11 is 0. The zero-order chi connectivity index (χ0) is 21.7. The molecule has 0 aliphatic carbocycles. The Morgan fingerprint density at radius 2 is 1.93 bits per heavy atom. The van der Waals surface area contributed by atoms with Crippen molar-refractivity contribution in [2.75, 3.05) is 13.1 Å². The first kappa shape index (κ1) is 21.9. The molecule has 0 saturated carbocycles. The average Bonchev–Trinajstić information content (AvgIpc) is 3.07. The summed E-state index contributed by atoms with van der Waals surface area (Å²) in [5, 5.41) is 2.85. The van der Waals surface area contributed by atoms with Crippen LogP contribution in [0.2, 0.25) is 0 Å². The summed E-state index contributed by atoms with van der Waals surface area (Å²) in [6.07, 6.45) is 2.43. The molecule has 0 bridgehead atoms. The number of fused-ring (bicyclic) bond motifs is 1. The van der Waals surface area contributed by atoms with E-state index in [4.69, 9.17) is 0 Å². The van der Waals surface area contributed by atoms with E-state index in [1.807, 2.05) is 43.7 Å². The summed E-state index contributed by atoms with van der Waals surface area (Å²) < 4.78 is 28.9. The molecule has 3 rings (SSSR count). The van der Waals surface area contributed by atoms with Gasteiger partial charge in [0.15, 0.2) is 0 Å². The van der Waals surface area contributed by atoms with Crippen molar-refractivity contribution >= 4 is 27.0 Å². The fourth-order valence-electron chi connectivity index (χ4n) is 3.33. The lowest BCUT2D eigenvalue weighted by molar-refractivity contribution is -0.121. The molecular weight excluding hydrogens is 402 g/mol. The second-order valence-corrected chi connectivity index (χ2v) is 8.86. The Labute approximate surface area is 177 Å². The van der Waals surface area contributed by atoms with Crippen LogP contribution in [0, 0.1) is 0 Å². The van der Waals surface area contributed by atoms with Gasteiger partial charge in [0.05, 0.1) is 28.2 Å². The number of sulfonamides is 1. The molecule has 0 unspecified atom stereocenters. The van der Waals surface area contributed by atoms with Crippen LogP contribution in [0.4, 0.5) is 0 Å². The Hall–Kier alpha value is -2.78. The van der Waals surface area contributed by atoms with E-state index in [1.54, 1.807) is 24.4 Å². The van der Waals surface area contributed by atoms with Gasteiger partial charge >= 0.3 is 0 Å². The second kappa shape index (κ2) is 9.36. The van der Waals surface area contributed by atoms with E-state index in [2.05, 4.69) is 15.3 Å². The maximum Gasteiger partial charge on any atom is 0.243 e. The lowest BCUT2D eigenvalue weighted by Crippen LogP contribution is -2.30. The number of hydrogen-bond donors (Lipinski definition) is 1. The average molecular weight is 430 g/mol. The topological polar surface area (TPSA) is 97.2 Å². The number of rotatable bonds is 9. The van der Waals surface area contributed by atoms with Crippen molar-refractivity contribution in [2.24, 2.45) is 7.05 Å². The second-order valence-electron chi connectivity index (χ2n) is 6.92. The normalized spacial score (nSPS) is 11.9. The van der Waals surface area contributed by atoms with Gasteiger partial charge in [0.2, 0.25) is 15.9 Å². The van der Waals surface area contributed by atoms with Crippen molar-refractivity contribution in [2.45, 2.75) is 38.1 Å². The van der Waals surface area contributed by atoms with E-state index >= 15 is 0 Å². The van der Waals surface area contributed by atoms with Gasteiger partial charge in [-0.25, -0.2) is 13.4 Å². The highest BCUT2D eigenvalue weighted by molar-refractivity contribution is 7.89. The number of nitrogens with one attached hydrogen (secondary N) is 1. The minimum absolute atomic E-state index is 0.0856. The molecule has 30 heavy (non-hydrogen) atoms. The lowest BCUT2D eigenvalue weighted by atomic mass is 10.2. The molecule has 9 heteroatoms. The van der Waals surface area contributed by atoms with Crippen molar-refractivity contribution < 1.29 is 13.2 Å². The van der Waals surface area contributed by atoms with E-state index in [0.717, 1.165) is 17.0 Å². The minimum Gasteiger partial charge on any atom is -0.350 e. The molecule has 0 spiro atoms. The summed E-state index contributed by atoms with van der Waals surface area (Å²) in [6, 6.07) is 10.5. The van der Waals surface area contributed by atoms with E-state index < -0.39 is 10.0 Å². The van der Waals surface area contributed by atoms with Crippen molar-refractivity contribution in [1.82, 2.24) is 24.2 Å². The van der Waals surface area contributed by atoms with Gasteiger partial charge in [0.25, 0.3) is 0 Å². The smallest absolute Gasteiger partial charge is 0.243 e. The maximum absolute atomic E-state index is 12.8. The highest BCUT2D eigenvalue weighted by atomic mass is 32.2. The minimum atomic E-state index is -3.54. The number of nitrogens with zero attached hydrogens (tertiary/aromatic N) is 4. The number of hydrogen-bond acceptors (Lipinski definition) is 5. The van der Waals surface area contributed by atoms with Gasteiger partial charge in [-0.05, 0) is 30.3 Å².